The second kappa shape index (κ2) is 16.9. The molecule has 2 heterocycles. The smallest absolute Gasteiger partial charge is 0.315 e. The van der Waals surface area contributed by atoms with E-state index in [2.05, 4.69) is 71.0 Å². The highest BCUT2D eigenvalue weighted by atomic mass is 16.7. The fourth-order valence-corrected chi connectivity index (χ4v) is 6.79. The zero-order valence-corrected chi connectivity index (χ0v) is 28.0. The third kappa shape index (κ3) is 9.11. The second-order valence-corrected chi connectivity index (χ2v) is 13.2. The first-order chi connectivity index (χ1) is 23.6. The van der Waals surface area contributed by atoms with Gasteiger partial charge in [-0.15, -0.1) is 0 Å². The number of likely N-dealkylation sites (tertiary alicyclic amines) is 1. The van der Waals surface area contributed by atoms with E-state index in [1.165, 1.54) is 32.1 Å². The van der Waals surface area contributed by atoms with Gasteiger partial charge in [-0.2, -0.15) is 0 Å². The van der Waals surface area contributed by atoms with Crippen LogP contribution in [0.15, 0.2) is 103 Å². The SMILES string of the molecule is C[C@H]1[C@@H](CN2CCCCCCC2)O[C@@H](c2ccc(-c3cccc(CNC(=O)NCc4ccccc4)c3)cc2)O[C@H]1c1ccc(CO)cc1. The Morgan fingerprint density at radius 3 is 2.06 bits per heavy atom. The van der Waals surface area contributed by atoms with Gasteiger partial charge in [0.1, 0.15) is 0 Å². The summed E-state index contributed by atoms with van der Waals surface area (Å²) in [5.74, 6) is 0.169. The summed E-state index contributed by atoms with van der Waals surface area (Å²) in [6.07, 6.45) is 5.86. The standard InChI is InChI=1S/C41H49N3O4/c1-30-38(28-44-23-8-3-2-4-9-24-44)47-40(48-39(30)35-17-15-32(29-45)16-18-35)36-21-19-34(20-22-36)37-14-10-13-33(25-37)27-43-41(46)42-26-31-11-6-5-7-12-31/h5-7,10-22,25,30,38-40,45H,2-4,8-9,23-24,26-29H2,1H3,(H2,42,43,46)/t30-,38+,39+,40+/m0/s1. The minimum Gasteiger partial charge on any atom is -0.392 e. The summed E-state index contributed by atoms with van der Waals surface area (Å²) in [7, 11) is 0. The lowest BCUT2D eigenvalue weighted by Crippen LogP contribution is -2.45. The minimum atomic E-state index is -0.484. The minimum absolute atomic E-state index is 0.0273. The van der Waals surface area contributed by atoms with Gasteiger partial charge in [-0.1, -0.05) is 123 Å². The van der Waals surface area contributed by atoms with Crippen LogP contribution in [0.3, 0.4) is 0 Å². The Bertz CT molecular complexity index is 1570. The zero-order chi connectivity index (χ0) is 33.1. The number of nitrogens with zero attached hydrogens (tertiary/aromatic N) is 1. The number of aliphatic hydroxyl groups excluding tert-OH is 1. The Morgan fingerprint density at radius 1 is 0.708 bits per heavy atom. The normalized spacial score (nSPS) is 22.0. The predicted molar refractivity (Wildman–Crippen MR) is 190 cm³/mol. The highest BCUT2D eigenvalue weighted by Gasteiger charge is 2.39. The summed E-state index contributed by atoms with van der Waals surface area (Å²) in [6, 6.07) is 34.6. The first-order valence-corrected chi connectivity index (χ1v) is 17.5. The van der Waals surface area contributed by atoms with Crippen LogP contribution in [0, 0.1) is 5.92 Å². The van der Waals surface area contributed by atoms with Crippen LogP contribution < -0.4 is 10.6 Å². The molecule has 2 amide bonds. The van der Waals surface area contributed by atoms with E-state index in [0.717, 1.165) is 58.6 Å². The van der Waals surface area contributed by atoms with Gasteiger partial charge in [0.15, 0.2) is 6.29 Å². The first-order valence-electron chi connectivity index (χ1n) is 17.5. The molecule has 4 atom stereocenters. The number of carbonyl (C=O) groups excluding carboxylic acids is 1. The number of hydrogen-bond donors (Lipinski definition) is 3. The molecule has 2 aliphatic heterocycles. The number of carbonyl (C=O) groups is 1. The Balaban J connectivity index is 1.13. The number of aliphatic hydroxyl groups is 1. The van der Waals surface area contributed by atoms with Crippen LogP contribution in [0.1, 0.15) is 79.2 Å². The lowest BCUT2D eigenvalue weighted by atomic mass is 9.89. The van der Waals surface area contributed by atoms with E-state index < -0.39 is 6.29 Å². The number of ether oxygens (including phenoxy) is 2. The highest BCUT2D eigenvalue weighted by Crippen LogP contribution is 2.42. The quantitative estimate of drug-likeness (QED) is 0.163. The van der Waals surface area contributed by atoms with E-state index in [1.54, 1.807) is 0 Å². The number of nitrogens with one attached hydrogen (secondary N) is 2. The van der Waals surface area contributed by atoms with E-state index in [0.29, 0.717) is 13.1 Å². The predicted octanol–water partition coefficient (Wildman–Crippen LogP) is 7.90. The molecule has 6 rings (SSSR count). The van der Waals surface area contributed by atoms with Crippen molar-refractivity contribution in [2.75, 3.05) is 19.6 Å². The molecule has 3 N–H and O–H groups in total. The molecule has 252 valence electrons. The molecule has 0 radical (unpaired) electrons. The van der Waals surface area contributed by atoms with Gasteiger partial charge in [0.25, 0.3) is 0 Å². The molecule has 4 aromatic carbocycles. The van der Waals surface area contributed by atoms with Crippen molar-refractivity contribution < 1.29 is 19.4 Å². The van der Waals surface area contributed by atoms with Crippen molar-refractivity contribution in [1.29, 1.82) is 0 Å². The van der Waals surface area contributed by atoms with Gasteiger partial charge in [-0.05, 0) is 65.4 Å². The van der Waals surface area contributed by atoms with Crippen LogP contribution in [0.5, 0.6) is 0 Å². The van der Waals surface area contributed by atoms with Gasteiger partial charge in [0.05, 0.1) is 18.8 Å². The Morgan fingerprint density at radius 2 is 1.35 bits per heavy atom. The molecule has 4 aromatic rings. The molecule has 0 aliphatic carbocycles. The molecule has 2 aliphatic rings. The first kappa shape index (κ1) is 33.9. The maximum atomic E-state index is 12.4. The molecule has 2 saturated heterocycles. The van der Waals surface area contributed by atoms with E-state index >= 15 is 0 Å². The Kier molecular flexibility index (Phi) is 11.9. The van der Waals surface area contributed by atoms with E-state index in [9.17, 15) is 9.90 Å². The largest absolute Gasteiger partial charge is 0.392 e. The number of hydrogen-bond acceptors (Lipinski definition) is 5. The van der Waals surface area contributed by atoms with Crippen molar-refractivity contribution >= 4 is 6.03 Å². The van der Waals surface area contributed by atoms with E-state index in [4.69, 9.17) is 9.47 Å². The lowest BCUT2D eigenvalue weighted by molar-refractivity contribution is -0.276. The van der Waals surface area contributed by atoms with Crippen molar-refractivity contribution in [2.24, 2.45) is 5.92 Å². The highest BCUT2D eigenvalue weighted by molar-refractivity contribution is 5.74. The lowest BCUT2D eigenvalue weighted by Gasteiger charge is -2.43. The molecule has 0 unspecified atom stereocenters. The Labute approximate surface area is 285 Å². The summed E-state index contributed by atoms with van der Waals surface area (Å²) in [6.45, 7) is 6.34. The maximum Gasteiger partial charge on any atom is 0.315 e. The summed E-state index contributed by atoms with van der Waals surface area (Å²) in [5.41, 5.74) is 7.27. The van der Waals surface area contributed by atoms with Gasteiger partial charge in [-0.3, -0.25) is 0 Å². The van der Waals surface area contributed by atoms with E-state index in [-0.39, 0.29) is 30.8 Å². The molecule has 2 fully saturated rings. The van der Waals surface area contributed by atoms with Crippen LogP contribution >= 0.6 is 0 Å². The van der Waals surface area contributed by atoms with Crippen LogP contribution in [0.4, 0.5) is 4.79 Å². The molecular weight excluding hydrogens is 598 g/mol. The second-order valence-electron chi connectivity index (χ2n) is 13.2. The van der Waals surface area contributed by atoms with Crippen LogP contribution in [0.2, 0.25) is 0 Å². The van der Waals surface area contributed by atoms with Gasteiger partial charge in [0, 0.05) is 31.1 Å². The van der Waals surface area contributed by atoms with Crippen molar-refractivity contribution in [2.45, 2.75) is 77.2 Å². The molecule has 0 saturated carbocycles. The summed E-state index contributed by atoms with van der Waals surface area (Å²) >= 11 is 0. The number of rotatable bonds is 10. The van der Waals surface area contributed by atoms with E-state index in [1.807, 2.05) is 54.6 Å². The topological polar surface area (TPSA) is 83.1 Å². The Hall–Kier alpha value is -4.01. The molecule has 48 heavy (non-hydrogen) atoms. The van der Waals surface area contributed by atoms with Crippen molar-refractivity contribution in [3.8, 4) is 11.1 Å². The number of urea groups is 1. The average molecular weight is 648 g/mol. The van der Waals surface area contributed by atoms with Crippen molar-refractivity contribution in [1.82, 2.24) is 15.5 Å². The van der Waals surface area contributed by atoms with Gasteiger partial charge in [-0.25, -0.2) is 4.79 Å². The van der Waals surface area contributed by atoms with Gasteiger partial charge < -0.3 is 30.1 Å². The summed E-state index contributed by atoms with van der Waals surface area (Å²) in [4.78, 5) is 15.0. The molecule has 0 bridgehead atoms. The van der Waals surface area contributed by atoms with Crippen LogP contribution in [-0.4, -0.2) is 41.8 Å². The third-order valence-corrected chi connectivity index (χ3v) is 9.70. The maximum absolute atomic E-state index is 12.4. The summed E-state index contributed by atoms with van der Waals surface area (Å²) < 4.78 is 13.5. The number of benzene rings is 4. The molecule has 7 heteroatoms. The van der Waals surface area contributed by atoms with Crippen LogP contribution in [-0.2, 0) is 29.2 Å². The van der Waals surface area contributed by atoms with Gasteiger partial charge in [0.2, 0.25) is 0 Å². The summed E-state index contributed by atoms with van der Waals surface area (Å²) in [5, 5.41) is 15.5. The molecule has 0 aromatic heterocycles. The monoisotopic (exact) mass is 647 g/mol. The zero-order valence-electron chi connectivity index (χ0n) is 28.0. The molecular formula is C41H49N3O4. The fourth-order valence-electron chi connectivity index (χ4n) is 6.79. The fraction of sp³-hybridized carbons (Fsp3) is 0.390. The van der Waals surface area contributed by atoms with Crippen LogP contribution in [0.25, 0.3) is 11.1 Å². The van der Waals surface area contributed by atoms with Crippen molar-refractivity contribution in [3.63, 3.8) is 0 Å². The molecule has 7 nitrogen and oxygen atoms in total. The number of amides is 2. The van der Waals surface area contributed by atoms with Crippen molar-refractivity contribution in [3.05, 3.63) is 131 Å². The third-order valence-electron chi connectivity index (χ3n) is 9.70. The molecule has 0 spiro atoms. The average Bonchev–Trinajstić information content (AvgIpc) is 3.12. The van der Waals surface area contributed by atoms with Gasteiger partial charge >= 0.3 is 6.03 Å².